The first-order valence-corrected chi connectivity index (χ1v) is 6.92. The first-order valence-electron chi connectivity index (χ1n) is 5.60. The molecule has 2 aromatic heterocycles. The summed E-state index contributed by atoms with van der Waals surface area (Å²) in [5.41, 5.74) is 0. The number of imidazole rings is 1. The fraction of sp³-hybridized carbons (Fsp3) is 0.273. The number of rotatable bonds is 5. The molecule has 0 N–H and O–H groups in total. The van der Waals surface area contributed by atoms with Crippen LogP contribution in [0.3, 0.4) is 0 Å². The molecule has 2 rings (SSSR count). The van der Waals surface area contributed by atoms with E-state index in [9.17, 15) is 14.3 Å². The number of hydrogen-bond donors (Lipinski definition) is 0. The van der Waals surface area contributed by atoms with Gasteiger partial charge >= 0.3 is 5.82 Å². The second-order valence-electron chi connectivity index (χ2n) is 3.71. The summed E-state index contributed by atoms with van der Waals surface area (Å²) >= 11 is 0. The molecule has 0 saturated carbocycles. The van der Waals surface area contributed by atoms with Crippen molar-refractivity contribution in [3.05, 3.63) is 46.7 Å². The van der Waals surface area contributed by atoms with E-state index >= 15 is 0 Å². The minimum Gasteiger partial charge on any atom is -0.358 e. The Morgan fingerprint density at radius 2 is 2.26 bits per heavy atom. The molecular formula is C11H12N4O3S. The molecule has 0 fully saturated rings. The van der Waals surface area contributed by atoms with Crippen molar-refractivity contribution in [3.63, 3.8) is 0 Å². The van der Waals surface area contributed by atoms with E-state index in [1.165, 1.54) is 17.0 Å². The minimum atomic E-state index is -1.31. The lowest BCUT2D eigenvalue weighted by atomic mass is 10.5. The summed E-state index contributed by atoms with van der Waals surface area (Å²) in [7, 11) is -1.31. The molecule has 8 heteroatoms. The predicted octanol–water partition coefficient (Wildman–Crippen LogP) is 1.51. The fourth-order valence-electron chi connectivity index (χ4n) is 1.69. The summed E-state index contributed by atoms with van der Waals surface area (Å²) < 4.78 is 13.6. The summed E-state index contributed by atoms with van der Waals surface area (Å²) in [5, 5.41) is 10.8. The van der Waals surface area contributed by atoms with Crippen LogP contribution in [0, 0.1) is 10.1 Å². The molecule has 0 spiro atoms. The van der Waals surface area contributed by atoms with Gasteiger partial charge in [-0.15, -0.1) is 0 Å². The molecule has 0 saturated heterocycles. The van der Waals surface area contributed by atoms with Crippen molar-refractivity contribution in [2.24, 2.45) is 0 Å². The maximum atomic E-state index is 12.1. The highest BCUT2D eigenvalue weighted by atomic mass is 32.2. The van der Waals surface area contributed by atoms with E-state index in [0.717, 1.165) is 0 Å². The van der Waals surface area contributed by atoms with Crippen LogP contribution < -0.4 is 0 Å². The van der Waals surface area contributed by atoms with Crippen LogP contribution in [0.5, 0.6) is 0 Å². The Balaban J connectivity index is 2.25. The smallest absolute Gasteiger partial charge is 0.342 e. The summed E-state index contributed by atoms with van der Waals surface area (Å²) in [4.78, 5) is 18.8. The summed E-state index contributed by atoms with van der Waals surface area (Å²) in [6.45, 7) is 2.20. The molecule has 2 aromatic rings. The minimum absolute atomic E-state index is 0.0827. The SMILES string of the molecule is CCn1c([N+](=O)[O-])cnc1CS(=O)c1cccnc1. The monoisotopic (exact) mass is 280 g/mol. The van der Waals surface area contributed by atoms with Crippen LogP contribution in [-0.2, 0) is 23.1 Å². The van der Waals surface area contributed by atoms with Crippen molar-refractivity contribution in [2.75, 3.05) is 0 Å². The van der Waals surface area contributed by atoms with Crippen LogP contribution in [0.15, 0.2) is 35.6 Å². The standard InChI is InChI=1S/C11H12N4O3S/c1-2-14-10(13-7-11(14)15(16)17)8-19(18)9-4-3-5-12-6-9/h3-7H,2,8H2,1H3. The van der Waals surface area contributed by atoms with E-state index in [4.69, 9.17) is 0 Å². The van der Waals surface area contributed by atoms with Crippen LogP contribution >= 0.6 is 0 Å². The zero-order chi connectivity index (χ0) is 13.8. The Labute approximate surface area is 111 Å². The zero-order valence-electron chi connectivity index (χ0n) is 10.2. The van der Waals surface area contributed by atoms with Crippen LogP contribution in [0.4, 0.5) is 5.82 Å². The molecule has 0 aliphatic rings. The highest BCUT2D eigenvalue weighted by Gasteiger charge is 2.20. The van der Waals surface area contributed by atoms with Gasteiger partial charge in [0.15, 0.2) is 0 Å². The largest absolute Gasteiger partial charge is 0.358 e. The van der Waals surface area contributed by atoms with Gasteiger partial charge in [-0.05, 0) is 24.0 Å². The molecule has 0 radical (unpaired) electrons. The van der Waals surface area contributed by atoms with Gasteiger partial charge < -0.3 is 10.1 Å². The van der Waals surface area contributed by atoms with Gasteiger partial charge in [-0.1, -0.05) is 0 Å². The van der Waals surface area contributed by atoms with Gasteiger partial charge in [0.05, 0.1) is 22.2 Å². The molecule has 0 amide bonds. The number of aromatic nitrogens is 3. The molecule has 0 bridgehead atoms. The van der Waals surface area contributed by atoms with Crippen molar-refractivity contribution >= 4 is 16.6 Å². The molecule has 7 nitrogen and oxygen atoms in total. The van der Waals surface area contributed by atoms with Crippen molar-refractivity contribution in [1.29, 1.82) is 0 Å². The Morgan fingerprint density at radius 1 is 1.47 bits per heavy atom. The van der Waals surface area contributed by atoms with Crippen molar-refractivity contribution < 1.29 is 9.13 Å². The Kier molecular flexibility index (Phi) is 4.00. The second-order valence-corrected chi connectivity index (χ2v) is 5.16. The van der Waals surface area contributed by atoms with E-state index in [1.54, 1.807) is 25.3 Å². The van der Waals surface area contributed by atoms with Crippen molar-refractivity contribution in [2.45, 2.75) is 24.1 Å². The third-order valence-electron chi connectivity index (χ3n) is 2.58. The molecule has 2 heterocycles. The normalized spacial score (nSPS) is 12.3. The fourth-order valence-corrected chi connectivity index (χ4v) is 2.73. The molecule has 19 heavy (non-hydrogen) atoms. The summed E-state index contributed by atoms with van der Waals surface area (Å²) in [6, 6.07) is 3.40. The van der Waals surface area contributed by atoms with E-state index < -0.39 is 15.7 Å². The Hall–Kier alpha value is -2.09. The average molecular weight is 280 g/mol. The van der Waals surface area contributed by atoms with Crippen LogP contribution in [0.1, 0.15) is 12.7 Å². The van der Waals surface area contributed by atoms with E-state index in [2.05, 4.69) is 9.97 Å². The first-order chi connectivity index (χ1) is 9.13. The van der Waals surface area contributed by atoms with Crippen LogP contribution in [-0.4, -0.2) is 23.7 Å². The molecule has 1 unspecified atom stereocenters. The lowest BCUT2D eigenvalue weighted by molar-refractivity contribution is -0.392. The molecule has 0 aliphatic heterocycles. The van der Waals surface area contributed by atoms with E-state index in [-0.39, 0.29) is 11.6 Å². The maximum Gasteiger partial charge on any atom is 0.342 e. The highest BCUT2D eigenvalue weighted by molar-refractivity contribution is 7.84. The van der Waals surface area contributed by atoms with Gasteiger partial charge in [0.25, 0.3) is 0 Å². The summed E-state index contributed by atoms with van der Waals surface area (Å²) in [5.74, 6) is 0.491. The quantitative estimate of drug-likeness (QED) is 0.611. The van der Waals surface area contributed by atoms with Crippen LogP contribution in [0.25, 0.3) is 0 Å². The van der Waals surface area contributed by atoms with Gasteiger partial charge in [-0.3, -0.25) is 9.19 Å². The molecular weight excluding hydrogens is 268 g/mol. The van der Waals surface area contributed by atoms with Gasteiger partial charge in [0.1, 0.15) is 11.9 Å². The van der Waals surface area contributed by atoms with Crippen LogP contribution in [0.2, 0.25) is 0 Å². The molecule has 0 aliphatic carbocycles. The Bertz CT molecular complexity index is 612. The molecule has 1 atom stereocenters. The van der Waals surface area contributed by atoms with Crippen molar-refractivity contribution in [3.8, 4) is 0 Å². The van der Waals surface area contributed by atoms with Gasteiger partial charge in [0, 0.05) is 12.4 Å². The third-order valence-corrected chi connectivity index (χ3v) is 3.87. The lowest BCUT2D eigenvalue weighted by Gasteiger charge is -2.02. The topological polar surface area (TPSA) is 90.9 Å². The lowest BCUT2D eigenvalue weighted by Crippen LogP contribution is -2.08. The Morgan fingerprint density at radius 3 is 2.84 bits per heavy atom. The first kappa shape index (κ1) is 13.3. The third kappa shape index (κ3) is 2.84. The van der Waals surface area contributed by atoms with Gasteiger partial charge in [-0.25, -0.2) is 9.55 Å². The molecule has 0 aromatic carbocycles. The van der Waals surface area contributed by atoms with Gasteiger partial charge in [-0.2, -0.15) is 0 Å². The average Bonchev–Trinajstić information content (AvgIpc) is 2.82. The maximum absolute atomic E-state index is 12.1. The number of nitrogens with zero attached hydrogens (tertiary/aromatic N) is 4. The van der Waals surface area contributed by atoms with Gasteiger partial charge in [0.2, 0.25) is 5.82 Å². The van der Waals surface area contributed by atoms with E-state index in [1.807, 2.05) is 0 Å². The van der Waals surface area contributed by atoms with E-state index in [0.29, 0.717) is 17.3 Å². The molecule has 100 valence electrons. The second kappa shape index (κ2) is 5.70. The number of nitro groups is 1. The predicted molar refractivity (Wildman–Crippen MR) is 68.9 cm³/mol. The van der Waals surface area contributed by atoms with Crippen molar-refractivity contribution in [1.82, 2.24) is 14.5 Å². The summed E-state index contributed by atoms with van der Waals surface area (Å²) in [6.07, 6.45) is 4.31. The highest BCUT2D eigenvalue weighted by Crippen LogP contribution is 2.17. The number of hydrogen-bond acceptors (Lipinski definition) is 5. The zero-order valence-corrected chi connectivity index (χ0v) is 11.0. The number of pyridine rings is 1.